The van der Waals surface area contributed by atoms with E-state index in [1.165, 1.54) is 6.92 Å². The highest BCUT2D eigenvalue weighted by Crippen LogP contribution is 2.17. The highest BCUT2D eigenvalue weighted by molar-refractivity contribution is 7.80. The third kappa shape index (κ3) is 50.1. The summed E-state index contributed by atoms with van der Waals surface area (Å²) in [6.07, 6.45) is -4.40. The van der Waals surface area contributed by atoms with Crippen molar-refractivity contribution in [1.82, 2.24) is 106 Å². The highest BCUT2D eigenvalue weighted by atomic mass is 32.1. The minimum atomic E-state index is -1.94. The Kier molecular flexibility index (Phi) is 59.8. The van der Waals surface area contributed by atoms with E-state index in [2.05, 4.69) is 119 Å². The van der Waals surface area contributed by atoms with E-state index in [1.54, 1.807) is 85.7 Å². The zero-order chi connectivity index (χ0) is 108. The average molecular weight is 2030 g/mol. The first kappa shape index (κ1) is 127. The lowest BCUT2D eigenvalue weighted by Gasteiger charge is -2.30. The van der Waals surface area contributed by atoms with Crippen molar-refractivity contribution < 1.29 is 116 Å². The Bertz CT molecular complexity index is 4390. The molecule has 1 aromatic rings. The van der Waals surface area contributed by atoms with Gasteiger partial charge < -0.3 is 167 Å². The summed E-state index contributed by atoms with van der Waals surface area (Å²) in [4.78, 5) is 275. The Morgan fingerprint density at radius 1 is 0.366 bits per heavy atom. The predicted octanol–water partition coefficient (Wildman–Crippen LogP) is -10.9. The van der Waals surface area contributed by atoms with Gasteiger partial charge in [-0.05, 0) is 140 Å². The van der Waals surface area contributed by atoms with Crippen LogP contribution in [-0.4, -0.2) is 317 Å². The molecule has 41 N–H and O–H groups in total. The molecule has 0 fully saturated rings. The molecule has 55 heteroatoms. The van der Waals surface area contributed by atoms with E-state index in [1.807, 2.05) is 0 Å². The van der Waals surface area contributed by atoms with Crippen molar-refractivity contribution in [2.45, 2.75) is 294 Å². The predicted molar refractivity (Wildman–Crippen MR) is 521 cm³/mol. The second-order valence-electron chi connectivity index (χ2n) is 35.4. The van der Waals surface area contributed by atoms with Crippen molar-refractivity contribution >= 4 is 149 Å². The maximum absolute atomic E-state index is 15.1. The minimum Gasteiger partial charge on any atom is -0.480 e. The summed E-state index contributed by atoms with van der Waals surface area (Å²) in [6, 6.07) is -18.4. The van der Waals surface area contributed by atoms with Gasteiger partial charge in [-0.25, -0.2) is 0 Å². The summed E-state index contributed by atoms with van der Waals surface area (Å²) in [5, 5.41) is 113. The van der Waals surface area contributed by atoms with Gasteiger partial charge in [-0.3, -0.25) is 112 Å². The van der Waals surface area contributed by atoms with E-state index in [0.29, 0.717) is 12.0 Å². The summed E-state index contributed by atoms with van der Waals surface area (Å²) >= 11 is 4.06. The molecule has 1 aromatic carbocycles. The van der Waals surface area contributed by atoms with Crippen LogP contribution in [0.15, 0.2) is 30.3 Å². The molecular formula is C87H152N30O24S. The number of nitrogens with two attached hydrogens (primary N) is 7. The molecule has 800 valence electrons. The second-order valence-corrected chi connectivity index (χ2v) is 35.8. The largest absolute Gasteiger partial charge is 0.480 e. The maximum atomic E-state index is 15.1. The number of aliphatic hydroxyl groups excluding tert-OH is 3. The Labute approximate surface area is 829 Å². The summed E-state index contributed by atoms with van der Waals surface area (Å²) < 4.78 is 0. The van der Waals surface area contributed by atoms with Gasteiger partial charge >= 0.3 is 5.97 Å². The number of carboxylic acid groups (broad SMARTS) is 1. The van der Waals surface area contributed by atoms with Crippen LogP contribution in [0.4, 0.5) is 0 Å². The summed E-state index contributed by atoms with van der Waals surface area (Å²) in [5.41, 5.74) is 39.6. The number of nitrogens with one attached hydrogen (secondary N) is 23. The summed E-state index contributed by atoms with van der Waals surface area (Å²) in [7, 11) is 0. The number of guanidine groups is 3. The van der Waals surface area contributed by atoms with Crippen LogP contribution in [0.2, 0.25) is 0 Å². The molecular weight excluding hydrogens is 1880 g/mol. The maximum Gasteiger partial charge on any atom is 0.325 e. The van der Waals surface area contributed by atoms with Gasteiger partial charge in [0.2, 0.25) is 112 Å². The average Bonchev–Trinajstić information content (AvgIpc) is 0.842. The number of rotatable bonds is 70. The Hall–Kier alpha value is -13.4. The fourth-order valence-corrected chi connectivity index (χ4v) is 13.8. The standard InChI is InChI=1S/C87H152N30O24S/c1-12-45(8)66(116-74(130)53(26-20-34-100-87(96)97)109-83(139)67(48(11)120)117-68(124)46(9)102-70(126)52(25-19-33-99-86(94)95)107-79(135)60(40-119)114-81(137)65(91)44(6)7)82(138)112-58(37-49-21-14-13-15-22-49)77(133)106-51(23-16-17-31-88)71(127)110-57(36-43(4)5)76(132)113-59(39-118)78(134)108-55(28-30-63(90)122)73(129)111-56(35-42(2)3)75(131)105-50(24-18-32-98-85(92)93)69(125)101-38-64(123)104-54(27-29-62(89)121)72(128)115-61(41-142)80(136)103-47(10)84(140)141/h13-15,21-22,42-48,50-61,65-67,118-120,142H,12,16-20,23-41,88,91H2,1-11H3,(H2,89,121)(H2,90,122)(H,101,125)(H,102,126)(H,103,136)(H,104,123)(H,105,131)(H,106,133)(H,107,135)(H,108,134)(H,109,139)(H,110,127)(H,111,129)(H,112,138)(H,113,132)(H,114,137)(H,115,128)(H,116,130)(H,117,124)(H,140,141)(H4,92,93,98)(H4,94,95,99)(H4,96,97,100)/t45-,46-,47-,48+,50-,51-,52-,53-,54-,55-,56-,57-,58-,59-,60-,61-,65-,66-,67-/m0/s1. The molecule has 54 nitrogen and oxygen atoms in total. The van der Waals surface area contributed by atoms with E-state index in [0.717, 1.165) is 13.8 Å². The number of carbonyl (C=O) groups excluding carboxylic acids is 19. The zero-order valence-electron chi connectivity index (χ0n) is 82.2. The lowest BCUT2D eigenvalue weighted by Crippen LogP contribution is -2.62. The number of hydrogen-bond acceptors (Lipinski definition) is 29. The van der Waals surface area contributed by atoms with Crippen molar-refractivity contribution in [3.05, 3.63) is 35.9 Å². The number of unbranched alkanes of at least 4 members (excludes halogenated alkanes) is 1. The first-order valence-electron chi connectivity index (χ1n) is 46.8. The number of carbonyl (C=O) groups is 20. The minimum absolute atomic E-state index is 0.00194. The summed E-state index contributed by atoms with van der Waals surface area (Å²) in [5.74, 6) is -24.4. The normalized spacial score (nSPS) is 15.1. The molecule has 142 heavy (non-hydrogen) atoms. The SMILES string of the molecule is CC[C@H](C)[C@H](NC(=O)[C@H](CCCNC(=N)N)NC(=O)[C@@H](NC(=O)[C@H](C)NC(=O)[C@H](CCCNC(=N)N)NC(=O)[C@H](CO)NC(=O)[C@@H](N)C(C)C)[C@@H](C)O)C(=O)N[C@@H](Cc1ccccc1)C(=O)N[C@@H](CCCCN)C(=O)N[C@@H](CC(C)C)C(=O)N[C@@H](CO)C(=O)N[C@@H](CCC(N)=O)C(=O)N[C@@H](CC(C)C)C(=O)N[C@@H](CCCNC(=N)N)C(=O)NCC(=O)N[C@@H](CCC(N)=O)C(=O)N[C@@H](CS)C(=O)N[C@@H](C)C(=O)O. The topological polar surface area (TPSA) is 917 Å². The van der Waals surface area contributed by atoms with Gasteiger partial charge in [0.05, 0.1) is 31.9 Å². The molecule has 19 atom stereocenters. The van der Waals surface area contributed by atoms with Crippen molar-refractivity contribution in [1.29, 1.82) is 16.2 Å². The fourth-order valence-electron chi connectivity index (χ4n) is 13.5. The van der Waals surface area contributed by atoms with Crippen molar-refractivity contribution in [3.8, 4) is 0 Å². The summed E-state index contributed by atoms with van der Waals surface area (Å²) in [6.45, 7) is 13.8. The molecule has 0 heterocycles. The number of aliphatic carboxylic acids is 1. The van der Waals surface area contributed by atoms with Gasteiger partial charge in [0, 0.05) is 44.6 Å². The fraction of sp³-hybridized carbons (Fsp3) is 0.667. The molecule has 0 saturated heterocycles. The van der Waals surface area contributed by atoms with Crippen LogP contribution in [0.1, 0.15) is 184 Å². The third-order valence-electron chi connectivity index (χ3n) is 21.9. The molecule has 0 aliphatic heterocycles. The van der Waals surface area contributed by atoms with Crippen LogP contribution in [0.5, 0.6) is 0 Å². The first-order valence-corrected chi connectivity index (χ1v) is 47.5. The Morgan fingerprint density at radius 2 is 0.697 bits per heavy atom. The number of aliphatic hydroxyl groups is 3. The van der Waals surface area contributed by atoms with E-state index in [-0.39, 0.29) is 115 Å². The molecule has 19 amide bonds. The third-order valence-corrected chi connectivity index (χ3v) is 22.3. The molecule has 1 rings (SSSR count). The molecule has 0 aliphatic rings. The van der Waals surface area contributed by atoms with Crippen LogP contribution in [0, 0.1) is 39.9 Å². The van der Waals surface area contributed by atoms with E-state index in [9.17, 15) is 107 Å². The number of hydrogen-bond donors (Lipinski definition) is 35. The van der Waals surface area contributed by atoms with Crippen LogP contribution < -0.4 is 146 Å². The van der Waals surface area contributed by atoms with Crippen molar-refractivity contribution in [2.24, 2.45) is 63.8 Å². The smallest absolute Gasteiger partial charge is 0.325 e. The Morgan fingerprint density at radius 3 is 1.09 bits per heavy atom. The number of primary amides is 2. The van der Waals surface area contributed by atoms with Gasteiger partial charge in [-0.2, -0.15) is 12.6 Å². The zero-order valence-corrected chi connectivity index (χ0v) is 83.1. The number of amides is 19. The number of carboxylic acids is 1. The number of benzene rings is 1. The van der Waals surface area contributed by atoms with Gasteiger partial charge in [0.25, 0.3) is 0 Å². The lowest BCUT2D eigenvalue weighted by atomic mass is 9.96. The molecule has 0 unspecified atom stereocenters. The van der Waals surface area contributed by atoms with Gasteiger partial charge in [-0.15, -0.1) is 0 Å². The lowest BCUT2D eigenvalue weighted by molar-refractivity contribution is -0.141. The van der Waals surface area contributed by atoms with Gasteiger partial charge in [0.15, 0.2) is 17.9 Å². The first-order chi connectivity index (χ1) is 66.6. The van der Waals surface area contributed by atoms with Crippen LogP contribution >= 0.6 is 12.6 Å². The molecule has 0 spiro atoms. The van der Waals surface area contributed by atoms with Crippen LogP contribution in [0.25, 0.3) is 0 Å². The molecule has 0 aliphatic carbocycles. The van der Waals surface area contributed by atoms with Gasteiger partial charge in [-0.1, -0.05) is 92.1 Å². The Balaban J connectivity index is 3.79. The molecule has 0 bridgehead atoms. The van der Waals surface area contributed by atoms with Crippen molar-refractivity contribution in [3.63, 3.8) is 0 Å². The molecule has 0 radical (unpaired) electrons. The van der Waals surface area contributed by atoms with Gasteiger partial charge in [0.1, 0.15) is 96.7 Å². The highest BCUT2D eigenvalue weighted by Gasteiger charge is 2.41. The molecule has 0 saturated carbocycles. The monoisotopic (exact) mass is 2030 g/mol. The van der Waals surface area contributed by atoms with Crippen LogP contribution in [-0.2, 0) is 102 Å². The van der Waals surface area contributed by atoms with E-state index in [4.69, 9.17) is 56.4 Å². The second kappa shape index (κ2) is 67.1. The van der Waals surface area contributed by atoms with Crippen molar-refractivity contribution in [2.75, 3.05) is 51.7 Å². The van der Waals surface area contributed by atoms with E-state index >= 15 is 9.59 Å². The molecule has 0 aromatic heterocycles. The quantitative estimate of drug-likeness (QED) is 0.0125. The van der Waals surface area contributed by atoms with Crippen LogP contribution in [0.3, 0.4) is 0 Å². The van der Waals surface area contributed by atoms with E-state index < -0.39 is 308 Å². The number of thiol groups is 1.